The predicted molar refractivity (Wildman–Crippen MR) is 64.7 cm³/mol. The Morgan fingerprint density at radius 1 is 1.20 bits per heavy atom. The maximum atomic E-state index is 6.24. The zero-order chi connectivity index (χ0) is 10.9. The van der Waals surface area contributed by atoms with Crippen molar-refractivity contribution in [3.05, 3.63) is 35.9 Å². The fourth-order valence-electron chi connectivity index (χ4n) is 2.40. The van der Waals surface area contributed by atoms with E-state index < -0.39 is 0 Å². The van der Waals surface area contributed by atoms with Crippen LogP contribution in [0.15, 0.2) is 30.3 Å². The van der Waals surface area contributed by atoms with Crippen molar-refractivity contribution in [2.75, 3.05) is 0 Å². The standard InChI is InChI=1S/C14H21N/c1-13(2,15)14(10-11-14)9-8-12-6-4-3-5-7-12/h3-7H,8-11,15H2,1-2H3. The molecule has 0 atom stereocenters. The maximum Gasteiger partial charge on any atom is 0.0154 e. The zero-order valence-electron chi connectivity index (χ0n) is 9.79. The monoisotopic (exact) mass is 203 g/mol. The Morgan fingerprint density at radius 3 is 2.27 bits per heavy atom. The van der Waals surface area contributed by atoms with Gasteiger partial charge in [-0.15, -0.1) is 0 Å². The van der Waals surface area contributed by atoms with Gasteiger partial charge in [0.15, 0.2) is 0 Å². The molecule has 1 heteroatoms. The summed E-state index contributed by atoms with van der Waals surface area (Å²) in [6.07, 6.45) is 5.02. The first-order valence-electron chi connectivity index (χ1n) is 5.86. The average Bonchev–Trinajstić information content (AvgIpc) is 2.96. The van der Waals surface area contributed by atoms with Gasteiger partial charge in [0.25, 0.3) is 0 Å². The van der Waals surface area contributed by atoms with Gasteiger partial charge in [0, 0.05) is 5.54 Å². The van der Waals surface area contributed by atoms with E-state index >= 15 is 0 Å². The Bertz CT molecular complexity index is 317. The summed E-state index contributed by atoms with van der Waals surface area (Å²) in [5.74, 6) is 0. The van der Waals surface area contributed by atoms with Crippen LogP contribution >= 0.6 is 0 Å². The first kappa shape index (κ1) is 10.7. The zero-order valence-corrected chi connectivity index (χ0v) is 9.79. The molecule has 0 aliphatic heterocycles. The second-order valence-electron chi connectivity index (χ2n) is 5.49. The third-order valence-electron chi connectivity index (χ3n) is 3.96. The maximum absolute atomic E-state index is 6.24. The van der Waals surface area contributed by atoms with Gasteiger partial charge in [-0.05, 0) is 50.5 Å². The van der Waals surface area contributed by atoms with E-state index in [2.05, 4.69) is 44.2 Å². The number of rotatable bonds is 4. The van der Waals surface area contributed by atoms with Gasteiger partial charge in [-0.1, -0.05) is 30.3 Å². The normalized spacial score (nSPS) is 18.9. The number of hydrogen-bond acceptors (Lipinski definition) is 1. The quantitative estimate of drug-likeness (QED) is 0.799. The number of aryl methyl sites for hydroxylation is 1. The lowest BCUT2D eigenvalue weighted by Gasteiger charge is -2.30. The highest BCUT2D eigenvalue weighted by Gasteiger charge is 2.51. The van der Waals surface area contributed by atoms with Crippen LogP contribution in [0.2, 0.25) is 0 Å². The molecule has 1 aliphatic rings. The molecule has 1 aromatic carbocycles. The van der Waals surface area contributed by atoms with Gasteiger partial charge in [0.05, 0.1) is 0 Å². The third-order valence-corrected chi connectivity index (χ3v) is 3.96. The van der Waals surface area contributed by atoms with E-state index in [1.807, 2.05) is 0 Å². The van der Waals surface area contributed by atoms with Gasteiger partial charge < -0.3 is 5.73 Å². The van der Waals surface area contributed by atoms with Gasteiger partial charge in [-0.25, -0.2) is 0 Å². The smallest absolute Gasteiger partial charge is 0.0154 e. The summed E-state index contributed by atoms with van der Waals surface area (Å²) in [5.41, 5.74) is 8.09. The summed E-state index contributed by atoms with van der Waals surface area (Å²) in [5, 5.41) is 0. The molecule has 1 aliphatic carbocycles. The van der Waals surface area contributed by atoms with Crippen LogP contribution in [0, 0.1) is 5.41 Å². The predicted octanol–water partition coefficient (Wildman–Crippen LogP) is 3.14. The van der Waals surface area contributed by atoms with Crippen LogP contribution in [0.5, 0.6) is 0 Å². The van der Waals surface area contributed by atoms with Crippen LogP contribution in [-0.4, -0.2) is 5.54 Å². The first-order chi connectivity index (χ1) is 7.04. The Kier molecular flexibility index (Phi) is 2.59. The second-order valence-corrected chi connectivity index (χ2v) is 5.49. The van der Waals surface area contributed by atoms with Crippen molar-refractivity contribution >= 4 is 0 Å². The SMILES string of the molecule is CC(C)(N)C1(CCc2ccccc2)CC1. The molecule has 2 N–H and O–H groups in total. The van der Waals surface area contributed by atoms with Gasteiger partial charge in [0.2, 0.25) is 0 Å². The Labute approximate surface area is 92.7 Å². The lowest BCUT2D eigenvalue weighted by atomic mass is 9.80. The lowest BCUT2D eigenvalue weighted by Crippen LogP contribution is -2.42. The van der Waals surface area contributed by atoms with E-state index in [9.17, 15) is 0 Å². The van der Waals surface area contributed by atoms with Crippen molar-refractivity contribution in [3.8, 4) is 0 Å². The molecule has 15 heavy (non-hydrogen) atoms. The van der Waals surface area contributed by atoms with Gasteiger partial charge in [-0.2, -0.15) is 0 Å². The largest absolute Gasteiger partial charge is 0.325 e. The molecule has 0 aromatic heterocycles. The summed E-state index contributed by atoms with van der Waals surface area (Å²) < 4.78 is 0. The summed E-state index contributed by atoms with van der Waals surface area (Å²) in [6.45, 7) is 4.34. The molecule has 0 radical (unpaired) electrons. The minimum atomic E-state index is -0.0121. The topological polar surface area (TPSA) is 26.0 Å². The molecule has 1 aromatic rings. The molecular weight excluding hydrogens is 182 g/mol. The van der Waals surface area contributed by atoms with Crippen molar-refractivity contribution in [1.82, 2.24) is 0 Å². The molecule has 0 saturated heterocycles. The molecule has 82 valence electrons. The van der Waals surface area contributed by atoms with E-state index in [1.165, 1.54) is 31.2 Å². The molecular formula is C14H21N. The number of nitrogens with two attached hydrogens (primary N) is 1. The second kappa shape index (κ2) is 3.64. The van der Waals surface area contributed by atoms with Crippen molar-refractivity contribution in [2.45, 2.75) is 45.1 Å². The molecule has 0 amide bonds. The van der Waals surface area contributed by atoms with Crippen LogP contribution in [0.25, 0.3) is 0 Å². The van der Waals surface area contributed by atoms with Crippen LogP contribution in [-0.2, 0) is 6.42 Å². The van der Waals surface area contributed by atoms with Gasteiger partial charge >= 0.3 is 0 Å². The molecule has 0 unspecified atom stereocenters. The van der Waals surface area contributed by atoms with Gasteiger partial charge in [0.1, 0.15) is 0 Å². The fraction of sp³-hybridized carbons (Fsp3) is 0.571. The van der Waals surface area contributed by atoms with Crippen LogP contribution < -0.4 is 5.73 Å². The van der Waals surface area contributed by atoms with Gasteiger partial charge in [-0.3, -0.25) is 0 Å². The van der Waals surface area contributed by atoms with Crippen molar-refractivity contribution < 1.29 is 0 Å². The highest BCUT2D eigenvalue weighted by Crippen LogP contribution is 2.56. The average molecular weight is 203 g/mol. The number of benzene rings is 1. The molecule has 0 spiro atoms. The van der Waals surface area contributed by atoms with Crippen molar-refractivity contribution in [2.24, 2.45) is 11.1 Å². The summed E-state index contributed by atoms with van der Waals surface area (Å²) in [6, 6.07) is 10.7. The van der Waals surface area contributed by atoms with Crippen molar-refractivity contribution in [3.63, 3.8) is 0 Å². The van der Waals surface area contributed by atoms with E-state index in [4.69, 9.17) is 5.73 Å². The summed E-state index contributed by atoms with van der Waals surface area (Å²) in [7, 11) is 0. The summed E-state index contributed by atoms with van der Waals surface area (Å²) in [4.78, 5) is 0. The lowest BCUT2D eigenvalue weighted by molar-refractivity contribution is 0.276. The first-order valence-corrected chi connectivity index (χ1v) is 5.86. The minimum absolute atomic E-state index is 0.0121. The van der Waals surface area contributed by atoms with Crippen LogP contribution in [0.3, 0.4) is 0 Å². The van der Waals surface area contributed by atoms with Crippen molar-refractivity contribution in [1.29, 1.82) is 0 Å². The minimum Gasteiger partial charge on any atom is -0.325 e. The van der Waals surface area contributed by atoms with Crippen LogP contribution in [0.1, 0.15) is 38.7 Å². The molecule has 1 fully saturated rings. The fourth-order valence-corrected chi connectivity index (χ4v) is 2.40. The van der Waals surface area contributed by atoms with Crippen LogP contribution in [0.4, 0.5) is 0 Å². The van der Waals surface area contributed by atoms with E-state index in [1.54, 1.807) is 0 Å². The molecule has 0 bridgehead atoms. The van der Waals surface area contributed by atoms with E-state index in [0.29, 0.717) is 5.41 Å². The highest BCUT2D eigenvalue weighted by atomic mass is 14.8. The Balaban J connectivity index is 1.95. The molecule has 0 heterocycles. The Morgan fingerprint density at radius 2 is 1.80 bits per heavy atom. The Hall–Kier alpha value is -0.820. The number of hydrogen-bond donors (Lipinski definition) is 1. The third kappa shape index (κ3) is 2.23. The van der Waals surface area contributed by atoms with E-state index in [0.717, 1.165) is 0 Å². The molecule has 2 rings (SSSR count). The molecule has 1 nitrogen and oxygen atoms in total. The molecule has 1 saturated carbocycles. The summed E-state index contributed by atoms with van der Waals surface area (Å²) >= 11 is 0. The van der Waals surface area contributed by atoms with E-state index in [-0.39, 0.29) is 5.54 Å². The highest BCUT2D eigenvalue weighted by molar-refractivity contribution is 5.17.